The summed E-state index contributed by atoms with van der Waals surface area (Å²) in [6.07, 6.45) is 0. The number of aryl methyl sites for hydroxylation is 1. The van der Waals surface area contributed by atoms with Crippen LogP contribution in [0.5, 0.6) is 0 Å². The molecular formula is C20H23Cl2N3O2S. The number of fused-ring (bicyclic) bond motifs is 1. The van der Waals surface area contributed by atoms with Gasteiger partial charge in [0.2, 0.25) is 9.84 Å². The summed E-state index contributed by atoms with van der Waals surface area (Å²) < 4.78 is 28.9. The molecule has 4 rings (SSSR count). The van der Waals surface area contributed by atoms with Crippen molar-refractivity contribution in [1.82, 2.24) is 9.88 Å². The molecule has 0 bridgehead atoms. The predicted octanol–water partition coefficient (Wildman–Crippen LogP) is 3.80. The van der Waals surface area contributed by atoms with Crippen molar-refractivity contribution in [3.8, 4) is 0 Å². The third-order valence-corrected chi connectivity index (χ3v) is 7.71. The Morgan fingerprint density at radius 3 is 2.39 bits per heavy atom. The highest BCUT2D eigenvalue weighted by Crippen LogP contribution is 2.39. The first-order valence-corrected chi connectivity index (χ1v) is 10.8. The number of anilines is 1. The van der Waals surface area contributed by atoms with Crippen molar-refractivity contribution in [2.24, 2.45) is 7.05 Å². The molecule has 0 unspecified atom stereocenters. The Hall–Kier alpha value is -1.73. The molecule has 0 spiro atoms. The maximum Gasteiger partial charge on any atom is 0.210 e. The van der Waals surface area contributed by atoms with E-state index in [-0.39, 0.29) is 22.3 Å². The average Bonchev–Trinajstić information content (AvgIpc) is 2.94. The van der Waals surface area contributed by atoms with Crippen LogP contribution in [0, 0.1) is 6.92 Å². The monoisotopic (exact) mass is 439 g/mol. The number of benzene rings is 2. The number of piperazine rings is 1. The Morgan fingerprint density at radius 1 is 1.04 bits per heavy atom. The number of hydrogen-bond acceptors (Lipinski definition) is 4. The molecule has 1 aliphatic rings. The minimum Gasteiger partial charge on any atom is -0.367 e. The third-order valence-electron chi connectivity index (χ3n) is 5.28. The number of halogens is 2. The first-order chi connectivity index (χ1) is 12.9. The fourth-order valence-corrected chi connectivity index (χ4v) is 6.08. The van der Waals surface area contributed by atoms with E-state index < -0.39 is 9.84 Å². The molecule has 150 valence electrons. The Morgan fingerprint density at radius 2 is 1.71 bits per heavy atom. The highest BCUT2D eigenvalue weighted by atomic mass is 35.5. The lowest BCUT2D eigenvalue weighted by Crippen LogP contribution is -2.43. The molecule has 0 aliphatic carbocycles. The zero-order valence-electron chi connectivity index (χ0n) is 15.8. The van der Waals surface area contributed by atoms with Crippen LogP contribution in [0.4, 0.5) is 5.69 Å². The van der Waals surface area contributed by atoms with E-state index in [2.05, 4.69) is 16.3 Å². The number of sulfone groups is 1. The summed E-state index contributed by atoms with van der Waals surface area (Å²) in [5, 5.41) is 4.34. The van der Waals surface area contributed by atoms with E-state index in [9.17, 15) is 8.42 Å². The Labute approximate surface area is 176 Å². The number of rotatable bonds is 3. The maximum atomic E-state index is 13.5. The maximum absolute atomic E-state index is 13.5. The average molecular weight is 440 g/mol. The van der Waals surface area contributed by atoms with Crippen LogP contribution in [-0.2, 0) is 16.9 Å². The van der Waals surface area contributed by atoms with Gasteiger partial charge in [-0.15, -0.1) is 12.4 Å². The summed E-state index contributed by atoms with van der Waals surface area (Å²) in [7, 11) is -1.81. The molecule has 0 atom stereocenters. The van der Waals surface area contributed by atoms with E-state index in [0.29, 0.717) is 10.6 Å². The summed E-state index contributed by atoms with van der Waals surface area (Å²) in [4.78, 5) is 2.80. The van der Waals surface area contributed by atoms with E-state index in [1.165, 1.54) is 0 Å². The molecule has 5 nitrogen and oxygen atoms in total. The van der Waals surface area contributed by atoms with Crippen LogP contribution >= 0.6 is 24.0 Å². The molecule has 28 heavy (non-hydrogen) atoms. The van der Waals surface area contributed by atoms with E-state index in [1.54, 1.807) is 24.3 Å². The minimum atomic E-state index is -3.74. The lowest BCUT2D eigenvalue weighted by molar-refractivity contribution is 0.589. The molecule has 1 fully saturated rings. The summed E-state index contributed by atoms with van der Waals surface area (Å²) in [5.41, 5.74) is 2.73. The van der Waals surface area contributed by atoms with Gasteiger partial charge in [-0.1, -0.05) is 35.9 Å². The van der Waals surface area contributed by atoms with Gasteiger partial charge in [0.05, 0.1) is 21.1 Å². The number of nitrogens with zero attached hydrogens (tertiary/aromatic N) is 2. The smallest absolute Gasteiger partial charge is 0.210 e. The van der Waals surface area contributed by atoms with Crippen LogP contribution in [0.3, 0.4) is 0 Å². The Bertz CT molecular complexity index is 1120. The van der Waals surface area contributed by atoms with Crippen molar-refractivity contribution in [3.63, 3.8) is 0 Å². The quantitative estimate of drug-likeness (QED) is 0.673. The molecule has 0 radical (unpaired) electrons. The van der Waals surface area contributed by atoms with Crippen molar-refractivity contribution < 1.29 is 8.42 Å². The van der Waals surface area contributed by atoms with Crippen molar-refractivity contribution in [2.75, 3.05) is 31.1 Å². The van der Waals surface area contributed by atoms with E-state index in [1.807, 2.05) is 30.7 Å². The number of nitrogens with one attached hydrogen (secondary N) is 1. The third kappa shape index (κ3) is 3.28. The molecule has 1 N–H and O–H groups in total. The first-order valence-electron chi connectivity index (χ1n) is 8.96. The second kappa shape index (κ2) is 7.95. The normalized spacial score (nSPS) is 14.9. The van der Waals surface area contributed by atoms with Crippen LogP contribution < -0.4 is 10.2 Å². The zero-order chi connectivity index (χ0) is 19.2. The van der Waals surface area contributed by atoms with Gasteiger partial charge in [0.15, 0.2) is 0 Å². The van der Waals surface area contributed by atoms with Gasteiger partial charge in [-0.25, -0.2) is 8.42 Å². The predicted molar refractivity (Wildman–Crippen MR) is 117 cm³/mol. The number of hydrogen-bond donors (Lipinski definition) is 1. The minimum absolute atomic E-state index is 0. The standard InChI is InChI=1S/C20H22ClN3O2S.ClH/c1-14-20(27(25,26)18-9-4-3-7-16(18)21)15-6-5-8-17(19(15)23(14)2)24-12-10-22-11-13-24;/h3-9,22H,10-13H2,1-2H3;1H. The van der Waals surface area contributed by atoms with Crippen molar-refractivity contribution in [3.05, 3.63) is 53.2 Å². The Balaban J connectivity index is 0.00000225. The summed E-state index contributed by atoms with van der Waals surface area (Å²) in [5.74, 6) is 0. The molecule has 1 aromatic heterocycles. The highest BCUT2D eigenvalue weighted by molar-refractivity contribution is 7.92. The van der Waals surface area contributed by atoms with Crippen LogP contribution in [-0.4, -0.2) is 39.2 Å². The fraction of sp³-hybridized carbons (Fsp3) is 0.300. The van der Waals surface area contributed by atoms with Crippen molar-refractivity contribution in [2.45, 2.75) is 16.7 Å². The molecular weight excluding hydrogens is 417 g/mol. The zero-order valence-corrected chi connectivity index (χ0v) is 18.2. The van der Waals surface area contributed by atoms with Crippen LogP contribution in [0.1, 0.15) is 5.69 Å². The highest BCUT2D eigenvalue weighted by Gasteiger charge is 2.29. The number of aromatic nitrogens is 1. The lowest BCUT2D eigenvalue weighted by Gasteiger charge is -2.30. The van der Waals surface area contributed by atoms with Gasteiger partial charge >= 0.3 is 0 Å². The van der Waals surface area contributed by atoms with Gasteiger partial charge in [-0.05, 0) is 25.1 Å². The molecule has 3 aromatic rings. The van der Waals surface area contributed by atoms with Crippen LogP contribution in [0.2, 0.25) is 5.02 Å². The van der Waals surface area contributed by atoms with Crippen molar-refractivity contribution in [1.29, 1.82) is 0 Å². The van der Waals surface area contributed by atoms with Gasteiger partial charge in [0.1, 0.15) is 4.90 Å². The van der Waals surface area contributed by atoms with Gasteiger partial charge < -0.3 is 14.8 Å². The Kier molecular flexibility index (Phi) is 5.96. The lowest BCUT2D eigenvalue weighted by atomic mass is 10.2. The van der Waals surface area contributed by atoms with E-state index in [4.69, 9.17) is 11.6 Å². The first kappa shape index (κ1) is 21.0. The van der Waals surface area contributed by atoms with Crippen molar-refractivity contribution >= 4 is 50.4 Å². The van der Waals surface area contributed by atoms with Crippen LogP contribution in [0.15, 0.2) is 52.3 Å². The largest absolute Gasteiger partial charge is 0.367 e. The number of para-hydroxylation sites is 1. The van der Waals surface area contributed by atoms with E-state index >= 15 is 0 Å². The summed E-state index contributed by atoms with van der Waals surface area (Å²) in [6, 6.07) is 12.5. The van der Waals surface area contributed by atoms with E-state index in [0.717, 1.165) is 42.8 Å². The van der Waals surface area contributed by atoms with Crippen LogP contribution in [0.25, 0.3) is 10.9 Å². The van der Waals surface area contributed by atoms with Gasteiger partial charge in [0, 0.05) is 44.3 Å². The molecule has 1 saturated heterocycles. The molecule has 2 aromatic carbocycles. The summed E-state index contributed by atoms with van der Waals surface area (Å²) >= 11 is 6.22. The molecule has 0 saturated carbocycles. The van der Waals surface area contributed by atoms with Gasteiger partial charge in [-0.3, -0.25) is 0 Å². The fourth-order valence-electron chi connectivity index (χ4n) is 3.85. The molecule has 8 heteroatoms. The molecule has 1 aliphatic heterocycles. The molecule has 2 heterocycles. The topological polar surface area (TPSA) is 54.3 Å². The van der Waals surface area contributed by atoms with Gasteiger partial charge in [-0.2, -0.15) is 0 Å². The SMILES string of the molecule is Cc1c(S(=O)(=O)c2ccccc2Cl)c2cccc(N3CCNCC3)c2n1C.Cl. The second-order valence-corrected chi connectivity index (χ2v) is 9.08. The second-order valence-electron chi connectivity index (χ2n) is 6.82. The molecule has 0 amide bonds. The van der Waals surface area contributed by atoms with Gasteiger partial charge in [0.25, 0.3) is 0 Å². The summed E-state index contributed by atoms with van der Waals surface area (Å²) in [6.45, 7) is 5.49.